The lowest BCUT2D eigenvalue weighted by Crippen LogP contribution is -2.59. The highest BCUT2D eigenvalue weighted by Crippen LogP contribution is 2.32. The molecule has 4 nitrogen and oxygen atoms in total. The third-order valence-electron chi connectivity index (χ3n) is 3.87. The summed E-state index contributed by atoms with van der Waals surface area (Å²) in [7, 11) is 2.15. The Labute approximate surface area is 112 Å². The van der Waals surface area contributed by atoms with Gasteiger partial charge >= 0.3 is 0 Å². The largest absolute Gasteiger partial charge is 0.377 e. The van der Waals surface area contributed by atoms with E-state index < -0.39 is 0 Å². The summed E-state index contributed by atoms with van der Waals surface area (Å²) in [5.41, 5.74) is 6.12. The number of ether oxygens (including phenoxy) is 2. The van der Waals surface area contributed by atoms with E-state index in [0.29, 0.717) is 12.6 Å². The first-order valence-corrected chi connectivity index (χ1v) is 7.08. The van der Waals surface area contributed by atoms with E-state index in [9.17, 15) is 0 Å². The Bertz CT molecular complexity index is 236. The summed E-state index contributed by atoms with van der Waals surface area (Å²) in [4.78, 5) is 2.37. The molecule has 0 spiro atoms. The van der Waals surface area contributed by atoms with Crippen molar-refractivity contribution < 1.29 is 9.47 Å². The van der Waals surface area contributed by atoms with Gasteiger partial charge in [0.15, 0.2) is 0 Å². The highest BCUT2D eigenvalue weighted by molar-refractivity contribution is 4.96. The van der Waals surface area contributed by atoms with E-state index in [0.717, 1.165) is 26.0 Å². The van der Waals surface area contributed by atoms with Gasteiger partial charge in [-0.2, -0.15) is 0 Å². The number of rotatable bonds is 6. The zero-order valence-corrected chi connectivity index (χ0v) is 12.6. The summed E-state index contributed by atoms with van der Waals surface area (Å²) in [6.07, 6.45) is 2.87. The molecule has 2 unspecified atom stereocenters. The Balaban J connectivity index is 2.56. The van der Waals surface area contributed by atoms with Crippen LogP contribution in [0.5, 0.6) is 0 Å². The fourth-order valence-electron chi connectivity index (χ4n) is 2.94. The molecule has 1 rings (SSSR count). The van der Waals surface area contributed by atoms with Crippen LogP contribution in [-0.4, -0.2) is 55.5 Å². The lowest BCUT2D eigenvalue weighted by Gasteiger charge is -2.48. The van der Waals surface area contributed by atoms with Gasteiger partial charge in [-0.1, -0.05) is 0 Å². The average molecular weight is 258 g/mol. The van der Waals surface area contributed by atoms with Crippen LogP contribution in [0.3, 0.4) is 0 Å². The number of nitrogens with zero attached hydrogens (tertiary/aromatic N) is 1. The van der Waals surface area contributed by atoms with Crippen molar-refractivity contribution in [2.45, 2.75) is 64.4 Å². The maximum Gasteiger partial charge on any atom is 0.0597 e. The summed E-state index contributed by atoms with van der Waals surface area (Å²) in [6, 6.07) is 0. The van der Waals surface area contributed by atoms with Crippen LogP contribution in [-0.2, 0) is 9.47 Å². The molecule has 18 heavy (non-hydrogen) atoms. The Morgan fingerprint density at radius 3 is 2.33 bits per heavy atom. The molecule has 0 aromatic rings. The summed E-state index contributed by atoms with van der Waals surface area (Å²) in [5.74, 6) is 0. The van der Waals surface area contributed by atoms with Gasteiger partial charge in [0.2, 0.25) is 0 Å². The maximum atomic E-state index is 6.06. The Kier molecular flexibility index (Phi) is 6.05. The monoisotopic (exact) mass is 258 g/mol. The fraction of sp³-hybridized carbons (Fsp3) is 1.00. The highest BCUT2D eigenvalue weighted by Gasteiger charge is 2.40. The van der Waals surface area contributed by atoms with Crippen molar-refractivity contribution in [3.8, 4) is 0 Å². The molecule has 0 aromatic heterocycles. The molecule has 1 aliphatic heterocycles. The van der Waals surface area contributed by atoms with Crippen LogP contribution in [0.15, 0.2) is 0 Å². The summed E-state index contributed by atoms with van der Waals surface area (Å²) >= 11 is 0. The van der Waals surface area contributed by atoms with Gasteiger partial charge in [0.05, 0.1) is 24.9 Å². The van der Waals surface area contributed by atoms with Crippen molar-refractivity contribution in [2.75, 3.05) is 26.7 Å². The zero-order valence-electron chi connectivity index (χ0n) is 12.6. The SMILES string of the molecule is CC(C)OCCN(C)C1(CN)CC(C)OC(C)C1. The predicted molar refractivity (Wildman–Crippen MR) is 74.7 cm³/mol. The molecule has 0 bridgehead atoms. The molecule has 108 valence electrons. The van der Waals surface area contributed by atoms with Crippen molar-refractivity contribution in [1.29, 1.82) is 0 Å². The van der Waals surface area contributed by atoms with E-state index in [2.05, 4.69) is 39.6 Å². The summed E-state index contributed by atoms with van der Waals surface area (Å²) in [6.45, 7) is 10.8. The Morgan fingerprint density at radius 1 is 1.33 bits per heavy atom. The van der Waals surface area contributed by atoms with Gasteiger partial charge in [-0.3, -0.25) is 4.90 Å². The Hall–Kier alpha value is -0.160. The molecule has 1 aliphatic rings. The molecule has 1 saturated heterocycles. The second-order valence-corrected chi connectivity index (χ2v) is 5.94. The molecular formula is C14H30N2O2. The van der Waals surface area contributed by atoms with Gasteiger partial charge in [-0.05, 0) is 47.6 Å². The van der Waals surface area contributed by atoms with Gasteiger partial charge < -0.3 is 15.2 Å². The van der Waals surface area contributed by atoms with Crippen LogP contribution in [0.25, 0.3) is 0 Å². The minimum Gasteiger partial charge on any atom is -0.377 e. The predicted octanol–water partition coefficient (Wildman–Crippen LogP) is 1.63. The van der Waals surface area contributed by atoms with Crippen molar-refractivity contribution >= 4 is 0 Å². The van der Waals surface area contributed by atoms with E-state index in [1.165, 1.54) is 0 Å². The van der Waals surface area contributed by atoms with E-state index >= 15 is 0 Å². The van der Waals surface area contributed by atoms with Gasteiger partial charge in [-0.25, -0.2) is 0 Å². The molecule has 0 saturated carbocycles. The van der Waals surface area contributed by atoms with Crippen LogP contribution in [0.2, 0.25) is 0 Å². The second-order valence-electron chi connectivity index (χ2n) is 5.94. The van der Waals surface area contributed by atoms with Crippen LogP contribution in [0.4, 0.5) is 0 Å². The molecule has 1 heterocycles. The summed E-state index contributed by atoms with van der Waals surface area (Å²) in [5, 5.41) is 0. The Morgan fingerprint density at radius 2 is 1.89 bits per heavy atom. The summed E-state index contributed by atoms with van der Waals surface area (Å²) < 4.78 is 11.5. The van der Waals surface area contributed by atoms with Crippen molar-refractivity contribution in [2.24, 2.45) is 5.73 Å². The van der Waals surface area contributed by atoms with Gasteiger partial charge in [-0.15, -0.1) is 0 Å². The number of hydrogen-bond acceptors (Lipinski definition) is 4. The first-order valence-electron chi connectivity index (χ1n) is 7.08. The van der Waals surface area contributed by atoms with E-state index in [-0.39, 0.29) is 17.7 Å². The van der Waals surface area contributed by atoms with Crippen molar-refractivity contribution in [1.82, 2.24) is 4.90 Å². The van der Waals surface area contributed by atoms with Gasteiger partial charge in [0.1, 0.15) is 0 Å². The first kappa shape index (κ1) is 15.9. The third-order valence-corrected chi connectivity index (χ3v) is 3.87. The first-order chi connectivity index (χ1) is 8.39. The molecule has 2 atom stereocenters. The lowest BCUT2D eigenvalue weighted by atomic mass is 9.83. The molecule has 4 heteroatoms. The number of hydrogen-bond donors (Lipinski definition) is 1. The normalized spacial score (nSPS) is 33.3. The molecule has 0 aliphatic carbocycles. The minimum absolute atomic E-state index is 0.0669. The van der Waals surface area contributed by atoms with Crippen LogP contribution < -0.4 is 5.73 Å². The maximum absolute atomic E-state index is 6.06. The van der Waals surface area contributed by atoms with Gasteiger partial charge in [0.25, 0.3) is 0 Å². The van der Waals surface area contributed by atoms with Crippen LogP contribution >= 0.6 is 0 Å². The second kappa shape index (κ2) is 6.85. The molecule has 0 amide bonds. The smallest absolute Gasteiger partial charge is 0.0597 e. The lowest BCUT2D eigenvalue weighted by molar-refractivity contribution is -0.102. The molecule has 0 aromatic carbocycles. The number of nitrogens with two attached hydrogens (primary N) is 1. The fourth-order valence-corrected chi connectivity index (χ4v) is 2.94. The topological polar surface area (TPSA) is 47.7 Å². The number of likely N-dealkylation sites (N-methyl/N-ethyl adjacent to an activating group) is 1. The third kappa shape index (κ3) is 4.19. The van der Waals surface area contributed by atoms with E-state index in [1.807, 2.05) is 0 Å². The zero-order chi connectivity index (χ0) is 13.8. The molecule has 2 N–H and O–H groups in total. The highest BCUT2D eigenvalue weighted by atomic mass is 16.5. The van der Waals surface area contributed by atoms with E-state index in [1.54, 1.807) is 0 Å². The standard InChI is InChI=1S/C14H30N2O2/c1-11(2)17-7-6-16(5)14(10-15)8-12(3)18-13(4)9-14/h11-13H,6-10,15H2,1-5H3. The van der Waals surface area contributed by atoms with Gasteiger partial charge in [0, 0.05) is 18.6 Å². The van der Waals surface area contributed by atoms with E-state index in [4.69, 9.17) is 15.2 Å². The molecular weight excluding hydrogens is 228 g/mol. The van der Waals surface area contributed by atoms with Crippen LogP contribution in [0, 0.1) is 0 Å². The van der Waals surface area contributed by atoms with Crippen molar-refractivity contribution in [3.63, 3.8) is 0 Å². The minimum atomic E-state index is 0.0669. The van der Waals surface area contributed by atoms with Crippen molar-refractivity contribution in [3.05, 3.63) is 0 Å². The van der Waals surface area contributed by atoms with Crippen LogP contribution in [0.1, 0.15) is 40.5 Å². The average Bonchev–Trinajstić information content (AvgIpc) is 2.26. The quantitative estimate of drug-likeness (QED) is 0.786. The molecule has 0 radical (unpaired) electrons. The molecule has 1 fully saturated rings.